The SMILES string of the molecule is CCCCCCCCN1C=CN(C)C1.O=CO.OCc1ccoc1. The maximum atomic E-state index is 8.37. The van der Waals surface area contributed by atoms with Gasteiger partial charge in [0.05, 0.1) is 25.8 Å². The highest BCUT2D eigenvalue weighted by molar-refractivity contribution is 5.32. The van der Waals surface area contributed by atoms with Gasteiger partial charge in [-0.2, -0.15) is 0 Å². The predicted octanol–water partition coefficient (Wildman–Crippen LogP) is 3.50. The number of hydrogen-bond acceptors (Lipinski definition) is 5. The molecule has 6 nitrogen and oxygen atoms in total. The van der Waals surface area contributed by atoms with Crippen molar-refractivity contribution in [1.82, 2.24) is 9.80 Å². The summed E-state index contributed by atoms with van der Waals surface area (Å²) in [5.41, 5.74) is 0.819. The zero-order chi connectivity index (χ0) is 18.0. The van der Waals surface area contributed by atoms with Crippen molar-refractivity contribution in [2.45, 2.75) is 52.1 Å². The summed E-state index contributed by atoms with van der Waals surface area (Å²) in [7, 11) is 2.12. The van der Waals surface area contributed by atoms with E-state index < -0.39 is 0 Å². The van der Waals surface area contributed by atoms with Gasteiger partial charge < -0.3 is 24.4 Å². The number of aliphatic hydroxyl groups is 1. The monoisotopic (exact) mass is 340 g/mol. The molecule has 0 atom stereocenters. The maximum absolute atomic E-state index is 8.37. The zero-order valence-corrected chi connectivity index (χ0v) is 14.9. The number of carbonyl (C=O) groups is 1. The number of nitrogens with zero attached hydrogens (tertiary/aromatic N) is 2. The lowest BCUT2D eigenvalue weighted by molar-refractivity contribution is -0.122. The zero-order valence-electron chi connectivity index (χ0n) is 14.9. The minimum absolute atomic E-state index is 0.0660. The molecule has 2 rings (SSSR count). The van der Waals surface area contributed by atoms with Crippen molar-refractivity contribution in [2.24, 2.45) is 0 Å². The molecule has 0 saturated carbocycles. The second-order valence-corrected chi connectivity index (χ2v) is 5.67. The van der Waals surface area contributed by atoms with Crippen molar-refractivity contribution in [3.8, 4) is 0 Å². The lowest BCUT2D eigenvalue weighted by atomic mass is 10.1. The van der Waals surface area contributed by atoms with E-state index in [1.807, 2.05) is 0 Å². The largest absolute Gasteiger partial charge is 0.483 e. The molecule has 0 bridgehead atoms. The Labute approximate surface area is 145 Å². The number of hydrogen-bond donors (Lipinski definition) is 2. The number of rotatable bonds is 8. The molecule has 2 N–H and O–H groups in total. The summed E-state index contributed by atoms with van der Waals surface area (Å²) in [6.45, 7) is 4.39. The van der Waals surface area contributed by atoms with Crippen molar-refractivity contribution >= 4 is 6.47 Å². The van der Waals surface area contributed by atoms with Crippen LogP contribution in [0.15, 0.2) is 35.4 Å². The van der Waals surface area contributed by atoms with Gasteiger partial charge in [-0.25, -0.2) is 0 Å². The lowest BCUT2D eigenvalue weighted by Crippen LogP contribution is -2.23. The molecule has 0 aliphatic carbocycles. The highest BCUT2D eigenvalue weighted by Gasteiger charge is 2.06. The summed E-state index contributed by atoms with van der Waals surface area (Å²) in [6, 6.07) is 1.72. The van der Waals surface area contributed by atoms with Crippen LogP contribution in [0.25, 0.3) is 0 Å². The van der Waals surface area contributed by atoms with E-state index in [4.69, 9.17) is 15.0 Å². The van der Waals surface area contributed by atoms with E-state index in [2.05, 4.69) is 40.6 Å². The van der Waals surface area contributed by atoms with Gasteiger partial charge in [0.25, 0.3) is 6.47 Å². The van der Waals surface area contributed by atoms with Crippen molar-refractivity contribution in [3.63, 3.8) is 0 Å². The summed E-state index contributed by atoms with van der Waals surface area (Å²) in [4.78, 5) is 13.0. The average Bonchev–Trinajstić information content (AvgIpc) is 3.23. The molecule has 2 heterocycles. The molecule has 0 amide bonds. The first kappa shape index (κ1) is 22.1. The molecule has 0 unspecified atom stereocenters. The van der Waals surface area contributed by atoms with Crippen LogP contribution in [0.2, 0.25) is 0 Å². The summed E-state index contributed by atoms with van der Waals surface area (Å²) >= 11 is 0. The highest BCUT2D eigenvalue weighted by atomic mass is 16.3. The van der Waals surface area contributed by atoms with E-state index in [0.717, 1.165) is 12.2 Å². The summed E-state index contributed by atoms with van der Waals surface area (Å²) in [6.07, 6.45) is 15.7. The Kier molecular flexibility index (Phi) is 14.6. The van der Waals surface area contributed by atoms with Gasteiger partial charge in [-0.15, -0.1) is 0 Å². The highest BCUT2D eigenvalue weighted by Crippen LogP contribution is 2.08. The Bertz CT molecular complexity index is 407. The standard InChI is InChI=1S/C12H24N2.C5H6O2.CH2O2/c1-3-4-5-6-7-8-9-14-11-10-13(2)12-14;6-3-5-1-2-7-4-5;2-1-3/h10-11H,3-9,12H2,1-2H3;1-2,4,6H,3H2;1H,(H,2,3). The van der Waals surface area contributed by atoms with E-state index in [9.17, 15) is 0 Å². The van der Waals surface area contributed by atoms with E-state index in [0.29, 0.717) is 0 Å². The molecule has 6 heteroatoms. The molecule has 0 spiro atoms. The molecule has 1 aliphatic rings. The minimum Gasteiger partial charge on any atom is -0.483 e. The first-order chi connectivity index (χ1) is 11.7. The Morgan fingerprint density at radius 3 is 2.33 bits per heavy atom. The van der Waals surface area contributed by atoms with Gasteiger partial charge in [-0.1, -0.05) is 39.0 Å². The molecule has 0 radical (unpaired) electrons. The third-order valence-electron chi connectivity index (χ3n) is 3.50. The third-order valence-corrected chi connectivity index (χ3v) is 3.50. The van der Waals surface area contributed by atoms with Crippen LogP contribution < -0.4 is 0 Å². The Morgan fingerprint density at radius 2 is 1.88 bits per heavy atom. The Balaban J connectivity index is 0.000000439. The van der Waals surface area contributed by atoms with E-state index in [-0.39, 0.29) is 13.1 Å². The molecule has 24 heavy (non-hydrogen) atoms. The summed E-state index contributed by atoms with van der Waals surface area (Å²) in [5, 5.41) is 15.3. The van der Waals surface area contributed by atoms with Crippen LogP contribution in [0.5, 0.6) is 0 Å². The van der Waals surface area contributed by atoms with E-state index in [1.54, 1.807) is 6.07 Å². The second kappa shape index (κ2) is 15.9. The third kappa shape index (κ3) is 12.6. The Morgan fingerprint density at radius 1 is 1.21 bits per heavy atom. The average molecular weight is 340 g/mol. The molecular weight excluding hydrogens is 308 g/mol. The van der Waals surface area contributed by atoms with Crippen LogP contribution in [0.4, 0.5) is 0 Å². The van der Waals surface area contributed by atoms with Gasteiger partial charge in [-0.3, -0.25) is 4.79 Å². The quantitative estimate of drug-likeness (QED) is 0.557. The second-order valence-electron chi connectivity index (χ2n) is 5.67. The number of aliphatic hydroxyl groups excluding tert-OH is 1. The molecule has 1 aliphatic heterocycles. The summed E-state index contributed by atoms with van der Waals surface area (Å²) in [5.74, 6) is 0. The normalized spacial score (nSPS) is 12.3. The smallest absolute Gasteiger partial charge is 0.290 e. The molecular formula is C18H32N2O4. The predicted molar refractivity (Wildman–Crippen MR) is 95.2 cm³/mol. The molecule has 0 aromatic carbocycles. The van der Waals surface area contributed by atoms with Gasteiger partial charge in [0, 0.05) is 31.6 Å². The number of unbranched alkanes of at least 4 members (excludes halogenated alkanes) is 5. The van der Waals surface area contributed by atoms with Crippen LogP contribution in [0.1, 0.15) is 51.0 Å². The van der Waals surface area contributed by atoms with Crippen LogP contribution >= 0.6 is 0 Å². The fourth-order valence-corrected chi connectivity index (χ4v) is 2.21. The maximum Gasteiger partial charge on any atom is 0.290 e. The molecule has 1 aromatic rings. The first-order valence-corrected chi connectivity index (χ1v) is 8.50. The molecule has 138 valence electrons. The van der Waals surface area contributed by atoms with Gasteiger partial charge in [-0.05, 0) is 12.5 Å². The minimum atomic E-state index is -0.250. The van der Waals surface area contributed by atoms with E-state index in [1.165, 1.54) is 57.6 Å². The van der Waals surface area contributed by atoms with Crippen molar-refractivity contribution in [2.75, 3.05) is 20.3 Å². The van der Waals surface area contributed by atoms with Gasteiger partial charge in [0.2, 0.25) is 0 Å². The van der Waals surface area contributed by atoms with E-state index >= 15 is 0 Å². The van der Waals surface area contributed by atoms with Crippen molar-refractivity contribution in [1.29, 1.82) is 0 Å². The topological polar surface area (TPSA) is 77.2 Å². The number of furan rings is 1. The van der Waals surface area contributed by atoms with Crippen LogP contribution in [-0.4, -0.2) is 46.7 Å². The molecule has 0 saturated heterocycles. The van der Waals surface area contributed by atoms with Gasteiger partial charge >= 0.3 is 0 Å². The fourth-order valence-electron chi connectivity index (χ4n) is 2.21. The fraction of sp³-hybridized carbons (Fsp3) is 0.611. The van der Waals surface area contributed by atoms with Crippen LogP contribution in [0.3, 0.4) is 0 Å². The summed E-state index contributed by atoms with van der Waals surface area (Å²) < 4.78 is 4.65. The first-order valence-electron chi connectivity index (χ1n) is 8.50. The van der Waals surface area contributed by atoms with Gasteiger partial charge in [0.15, 0.2) is 0 Å². The van der Waals surface area contributed by atoms with Crippen LogP contribution in [-0.2, 0) is 11.4 Å². The van der Waals surface area contributed by atoms with Crippen molar-refractivity contribution in [3.05, 3.63) is 36.6 Å². The molecule has 0 fully saturated rings. The van der Waals surface area contributed by atoms with Gasteiger partial charge in [0.1, 0.15) is 0 Å². The van der Waals surface area contributed by atoms with Crippen molar-refractivity contribution < 1.29 is 19.4 Å². The molecule has 1 aromatic heterocycles. The van der Waals surface area contributed by atoms with Crippen LogP contribution in [0, 0.1) is 0 Å². The Hall–Kier alpha value is -1.95. The number of carboxylic acid groups (broad SMARTS) is 1. The lowest BCUT2D eigenvalue weighted by Gasteiger charge is -2.17.